The topological polar surface area (TPSA) is 46.9 Å². The van der Waals surface area contributed by atoms with Crippen LogP contribution < -0.4 is 5.32 Å². The van der Waals surface area contributed by atoms with Gasteiger partial charge in [0.05, 0.1) is 6.04 Å². The van der Waals surface area contributed by atoms with Crippen molar-refractivity contribution in [1.29, 1.82) is 0 Å². The van der Waals surface area contributed by atoms with Gasteiger partial charge in [-0.25, -0.2) is 0 Å². The Morgan fingerprint density at radius 1 is 1.77 bits per heavy atom. The maximum absolute atomic E-state index is 11.3. The molecule has 0 unspecified atom stereocenters. The van der Waals surface area contributed by atoms with E-state index in [1.165, 1.54) is 12.8 Å². The van der Waals surface area contributed by atoms with Crippen LogP contribution in [-0.2, 0) is 0 Å². The lowest BCUT2D eigenvalue weighted by Crippen LogP contribution is -2.23. The molecule has 0 saturated heterocycles. The predicted molar refractivity (Wildman–Crippen MR) is 48.5 cm³/mol. The van der Waals surface area contributed by atoms with Gasteiger partial charge in [-0.3, -0.25) is 9.48 Å². The molecule has 1 saturated carbocycles. The zero-order valence-electron chi connectivity index (χ0n) is 7.66. The van der Waals surface area contributed by atoms with Crippen molar-refractivity contribution >= 4 is 5.91 Å². The smallest absolute Gasteiger partial charge is 0.271 e. The fraction of sp³-hybridized carbons (Fsp3) is 0.556. The van der Waals surface area contributed by atoms with E-state index in [0.29, 0.717) is 18.3 Å². The van der Waals surface area contributed by atoms with Gasteiger partial charge in [0.25, 0.3) is 5.91 Å². The van der Waals surface area contributed by atoms with E-state index < -0.39 is 0 Å². The molecule has 13 heavy (non-hydrogen) atoms. The summed E-state index contributed by atoms with van der Waals surface area (Å²) >= 11 is 0. The van der Waals surface area contributed by atoms with Gasteiger partial charge in [-0.15, -0.1) is 0 Å². The predicted octanol–water partition coefficient (Wildman–Crippen LogP) is 0.968. The first-order valence-electron chi connectivity index (χ1n) is 4.64. The van der Waals surface area contributed by atoms with E-state index in [9.17, 15) is 4.79 Å². The summed E-state index contributed by atoms with van der Waals surface area (Å²) in [5.74, 6) is -0.0816. The number of rotatable bonds is 3. The summed E-state index contributed by atoms with van der Waals surface area (Å²) in [6.45, 7) is 2.55. The summed E-state index contributed by atoms with van der Waals surface area (Å²) in [5, 5.41) is 6.92. The second kappa shape index (κ2) is 3.20. The number of nitrogens with one attached hydrogen (secondary N) is 1. The first kappa shape index (κ1) is 8.29. The molecule has 0 radical (unpaired) electrons. The highest BCUT2D eigenvalue weighted by atomic mass is 16.1. The van der Waals surface area contributed by atoms with Gasteiger partial charge in [0.2, 0.25) is 0 Å². The third-order valence-corrected chi connectivity index (χ3v) is 2.10. The van der Waals surface area contributed by atoms with Crippen LogP contribution >= 0.6 is 0 Å². The molecule has 0 aliphatic heterocycles. The number of hydrogen-bond acceptors (Lipinski definition) is 2. The molecule has 1 aromatic heterocycles. The Kier molecular flexibility index (Phi) is 2.04. The highest BCUT2D eigenvalue weighted by molar-refractivity contribution is 5.92. The van der Waals surface area contributed by atoms with Crippen LogP contribution in [0.2, 0.25) is 0 Å². The standard InChI is InChI=1S/C9H13N3O/c1-2-10-9(13)8-5-6-12(11-8)7-3-4-7/h5-7H,2-4H2,1H3,(H,10,13). The molecule has 4 nitrogen and oxygen atoms in total. The molecule has 0 bridgehead atoms. The molecule has 1 aliphatic carbocycles. The Morgan fingerprint density at radius 3 is 3.15 bits per heavy atom. The van der Waals surface area contributed by atoms with Crippen LogP contribution in [0.3, 0.4) is 0 Å². The number of amides is 1. The van der Waals surface area contributed by atoms with Crippen LogP contribution in [-0.4, -0.2) is 22.2 Å². The molecule has 1 heterocycles. The minimum atomic E-state index is -0.0816. The summed E-state index contributed by atoms with van der Waals surface area (Å²) < 4.78 is 1.88. The van der Waals surface area contributed by atoms with E-state index in [1.807, 2.05) is 17.8 Å². The van der Waals surface area contributed by atoms with Crippen molar-refractivity contribution in [1.82, 2.24) is 15.1 Å². The Hall–Kier alpha value is -1.32. The normalized spacial score (nSPS) is 15.8. The lowest BCUT2D eigenvalue weighted by molar-refractivity contribution is 0.0950. The number of carbonyl (C=O) groups excluding carboxylic acids is 1. The Balaban J connectivity index is 2.07. The monoisotopic (exact) mass is 179 g/mol. The lowest BCUT2D eigenvalue weighted by atomic mass is 10.4. The van der Waals surface area contributed by atoms with E-state index in [4.69, 9.17) is 0 Å². The maximum Gasteiger partial charge on any atom is 0.271 e. The fourth-order valence-corrected chi connectivity index (χ4v) is 1.25. The quantitative estimate of drug-likeness (QED) is 0.751. The van der Waals surface area contributed by atoms with Gasteiger partial charge >= 0.3 is 0 Å². The molecular formula is C9H13N3O. The van der Waals surface area contributed by atoms with Crippen molar-refractivity contribution in [3.63, 3.8) is 0 Å². The van der Waals surface area contributed by atoms with Crippen LogP contribution in [0.25, 0.3) is 0 Å². The van der Waals surface area contributed by atoms with Crippen LogP contribution in [0, 0.1) is 0 Å². The van der Waals surface area contributed by atoms with Crippen molar-refractivity contribution in [2.24, 2.45) is 0 Å². The first-order valence-corrected chi connectivity index (χ1v) is 4.64. The van der Waals surface area contributed by atoms with Crippen molar-refractivity contribution in [2.75, 3.05) is 6.54 Å². The zero-order valence-corrected chi connectivity index (χ0v) is 7.66. The Morgan fingerprint density at radius 2 is 2.54 bits per heavy atom. The van der Waals surface area contributed by atoms with E-state index in [-0.39, 0.29) is 5.91 Å². The molecule has 70 valence electrons. The molecule has 1 amide bonds. The molecule has 0 aromatic carbocycles. The molecule has 2 rings (SSSR count). The zero-order chi connectivity index (χ0) is 9.26. The summed E-state index contributed by atoms with van der Waals surface area (Å²) in [6.07, 6.45) is 4.26. The second-order valence-electron chi connectivity index (χ2n) is 3.27. The molecule has 1 fully saturated rings. The van der Waals surface area contributed by atoms with Gasteiger partial charge in [0, 0.05) is 12.7 Å². The van der Waals surface area contributed by atoms with Crippen LogP contribution in [0.1, 0.15) is 36.3 Å². The molecular weight excluding hydrogens is 166 g/mol. The van der Waals surface area contributed by atoms with Gasteiger partial charge < -0.3 is 5.32 Å². The van der Waals surface area contributed by atoms with Gasteiger partial charge in [-0.05, 0) is 25.8 Å². The van der Waals surface area contributed by atoms with Crippen molar-refractivity contribution < 1.29 is 4.79 Å². The lowest BCUT2D eigenvalue weighted by Gasteiger charge is -1.97. The van der Waals surface area contributed by atoms with Gasteiger partial charge in [0.15, 0.2) is 0 Å². The number of aromatic nitrogens is 2. The van der Waals surface area contributed by atoms with Gasteiger partial charge in [0.1, 0.15) is 5.69 Å². The minimum absolute atomic E-state index is 0.0816. The highest BCUT2D eigenvalue weighted by Gasteiger charge is 2.24. The van der Waals surface area contributed by atoms with Gasteiger partial charge in [-0.2, -0.15) is 5.10 Å². The largest absolute Gasteiger partial charge is 0.351 e. The van der Waals surface area contributed by atoms with Crippen molar-refractivity contribution in [3.8, 4) is 0 Å². The average Bonchev–Trinajstić information content (AvgIpc) is 2.84. The van der Waals surface area contributed by atoms with E-state index >= 15 is 0 Å². The number of nitrogens with zero attached hydrogens (tertiary/aromatic N) is 2. The molecule has 4 heteroatoms. The SMILES string of the molecule is CCNC(=O)c1ccn(C2CC2)n1. The number of hydrogen-bond donors (Lipinski definition) is 1. The summed E-state index contributed by atoms with van der Waals surface area (Å²) in [7, 11) is 0. The van der Waals surface area contributed by atoms with E-state index in [2.05, 4.69) is 10.4 Å². The molecule has 1 aliphatic rings. The summed E-state index contributed by atoms with van der Waals surface area (Å²) in [4.78, 5) is 11.3. The van der Waals surface area contributed by atoms with Crippen molar-refractivity contribution in [3.05, 3.63) is 18.0 Å². The molecule has 1 N–H and O–H groups in total. The van der Waals surface area contributed by atoms with E-state index in [0.717, 1.165) is 0 Å². The van der Waals surface area contributed by atoms with E-state index in [1.54, 1.807) is 6.07 Å². The molecule has 0 spiro atoms. The van der Waals surface area contributed by atoms with Crippen LogP contribution in [0.5, 0.6) is 0 Å². The average molecular weight is 179 g/mol. The maximum atomic E-state index is 11.3. The summed E-state index contributed by atoms with van der Waals surface area (Å²) in [5.41, 5.74) is 0.522. The third kappa shape index (κ3) is 1.71. The Labute approximate surface area is 76.9 Å². The fourth-order valence-electron chi connectivity index (χ4n) is 1.25. The second-order valence-corrected chi connectivity index (χ2v) is 3.27. The number of carbonyl (C=O) groups is 1. The van der Waals surface area contributed by atoms with Gasteiger partial charge in [-0.1, -0.05) is 0 Å². The third-order valence-electron chi connectivity index (χ3n) is 2.10. The summed E-state index contributed by atoms with van der Waals surface area (Å²) in [6, 6.07) is 2.31. The molecule has 1 aromatic rings. The molecule has 0 atom stereocenters. The van der Waals surface area contributed by atoms with Crippen LogP contribution in [0.4, 0.5) is 0 Å². The van der Waals surface area contributed by atoms with Crippen LogP contribution in [0.15, 0.2) is 12.3 Å². The Bertz CT molecular complexity index is 314. The van der Waals surface area contributed by atoms with Crippen molar-refractivity contribution in [2.45, 2.75) is 25.8 Å². The minimum Gasteiger partial charge on any atom is -0.351 e. The first-order chi connectivity index (χ1) is 6.31. The highest BCUT2D eigenvalue weighted by Crippen LogP contribution is 2.33.